The molecule has 0 spiro atoms. The summed E-state index contributed by atoms with van der Waals surface area (Å²) in [6, 6.07) is 32.3. The summed E-state index contributed by atoms with van der Waals surface area (Å²) in [6.07, 6.45) is 10.6. The molecule has 0 N–H and O–H groups in total. The standard InChI is InChI=1S/C52H58O8S/c1-3-8-35-12-16-37(17-13-35)20-32-48(53)57-42-26-22-40(23-27-42)51(55)59-45-30-31-46(50-44(45)34-47(61-50)39-10-6-5-7-11-39)60-52(56)41-24-28-43(29-25-41)58-49(54)33-21-38-18-14-36(9-4-2)15-19-38/h5-7,10-19,30-31,34,40-43H,3-4,8-9,20-29,32-33H2,1-2H3. The van der Waals surface area contributed by atoms with E-state index >= 15 is 0 Å². The van der Waals surface area contributed by atoms with Crippen LogP contribution in [0.2, 0.25) is 0 Å². The average Bonchev–Trinajstić information content (AvgIpc) is 3.74. The average molecular weight is 843 g/mol. The van der Waals surface area contributed by atoms with Crippen molar-refractivity contribution in [2.45, 2.75) is 129 Å². The van der Waals surface area contributed by atoms with Crippen molar-refractivity contribution in [2.24, 2.45) is 11.8 Å². The molecule has 320 valence electrons. The smallest absolute Gasteiger partial charge is 0.314 e. The number of benzene rings is 4. The quantitative estimate of drug-likeness (QED) is 0.0673. The fourth-order valence-corrected chi connectivity index (χ4v) is 9.64. The molecule has 4 aromatic carbocycles. The van der Waals surface area contributed by atoms with Crippen LogP contribution in [-0.4, -0.2) is 36.1 Å². The molecule has 0 atom stereocenters. The highest BCUT2D eigenvalue weighted by molar-refractivity contribution is 7.22. The summed E-state index contributed by atoms with van der Waals surface area (Å²) < 4.78 is 24.6. The Balaban J connectivity index is 0.910. The van der Waals surface area contributed by atoms with Crippen molar-refractivity contribution in [3.05, 3.63) is 119 Å². The fraction of sp³-hybridized carbons (Fsp3) is 0.423. The highest BCUT2D eigenvalue weighted by Gasteiger charge is 2.32. The van der Waals surface area contributed by atoms with Crippen LogP contribution < -0.4 is 9.47 Å². The molecular formula is C52H58O8S. The third kappa shape index (κ3) is 12.2. The number of hydrogen-bond donors (Lipinski definition) is 0. The Morgan fingerprint density at radius 3 is 1.41 bits per heavy atom. The molecule has 0 aliphatic heterocycles. The van der Waals surface area contributed by atoms with Crippen molar-refractivity contribution < 1.29 is 38.1 Å². The van der Waals surface area contributed by atoms with Gasteiger partial charge in [-0.25, -0.2) is 0 Å². The van der Waals surface area contributed by atoms with Gasteiger partial charge in [-0.1, -0.05) is 106 Å². The van der Waals surface area contributed by atoms with Crippen LogP contribution in [0.4, 0.5) is 0 Å². The number of thiophene rings is 1. The molecule has 7 rings (SSSR count). The normalized spacial score (nSPS) is 18.9. The summed E-state index contributed by atoms with van der Waals surface area (Å²) in [4.78, 5) is 53.5. The number of carbonyl (C=O) groups excluding carboxylic acids is 4. The Labute approximate surface area is 364 Å². The Bertz CT molecular complexity index is 2090. The number of ether oxygens (including phenoxy) is 4. The van der Waals surface area contributed by atoms with Crippen molar-refractivity contribution in [1.82, 2.24) is 0 Å². The highest BCUT2D eigenvalue weighted by Crippen LogP contribution is 2.44. The van der Waals surface area contributed by atoms with Crippen LogP contribution in [0.15, 0.2) is 97.1 Å². The van der Waals surface area contributed by atoms with Crippen molar-refractivity contribution in [3.63, 3.8) is 0 Å². The van der Waals surface area contributed by atoms with E-state index in [1.165, 1.54) is 22.5 Å². The van der Waals surface area contributed by atoms with Crippen molar-refractivity contribution >= 4 is 45.3 Å². The molecule has 2 aliphatic carbocycles. The van der Waals surface area contributed by atoms with Crippen LogP contribution in [0.25, 0.3) is 20.5 Å². The lowest BCUT2D eigenvalue weighted by Gasteiger charge is -2.27. The minimum absolute atomic E-state index is 0.205. The molecule has 5 aromatic rings. The Morgan fingerprint density at radius 2 is 0.951 bits per heavy atom. The zero-order chi connectivity index (χ0) is 42.6. The van der Waals surface area contributed by atoms with Gasteiger partial charge in [0.1, 0.15) is 23.7 Å². The predicted octanol–water partition coefficient (Wildman–Crippen LogP) is 11.8. The summed E-state index contributed by atoms with van der Waals surface area (Å²) in [6.45, 7) is 4.33. The molecule has 1 heterocycles. The zero-order valence-corrected chi connectivity index (χ0v) is 36.4. The second-order valence-corrected chi connectivity index (χ2v) is 17.7. The Kier molecular flexibility index (Phi) is 15.4. The maximum Gasteiger partial charge on any atom is 0.314 e. The number of fused-ring (bicyclic) bond motifs is 1. The molecule has 0 unspecified atom stereocenters. The van der Waals surface area contributed by atoms with E-state index in [2.05, 4.69) is 62.4 Å². The van der Waals surface area contributed by atoms with E-state index < -0.39 is 0 Å². The van der Waals surface area contributed by atoms with Crippen molar-refractivity contribution in [1.29, 1.82) is 0 Å². The van der Waals surface area contributed by atoms with Crippen LogP contribution in [0, 0.1) is 11.8 Å². The number of rotatable bonds is 17. The van der Waals surface area contributed by atoms with Crippen molar-refractivity contribution in [2.75, 3.05) is 0 Å². The van der Waals surface area contributed by atoms with Gasteiger partial charge in [0.25, 0.3) is 0 Å². The molecule has 8 nitrogen and oxygen atoms in total. The fourth-order valence-electron chi connectivity index (χ4n) is 8.51. The van der Waals surface area contributed by atoms with E-state index in [4.69, 9.17) is 18.9 Å². The maximum atomic E-state index is 13.6. The van der Waals surface area contributed by atoms with Gasteiger partial charge in [-0.3, -0.25) is 19.2 Å². The van der Waals surface area contributed by atoms with Gasteiger partial charge in [0.05, 0.1) is 16.5 Å². The summed E-state index contributed by atoms with van der Waals surface area (Å²) >= 11 is 1.49. The predicted molar refractivity (Wildman–Crippen MR) is 240 cm³/mol. The van der Waals surface area contributed by atoms with Gasteiger partial charge < -0.3 is 18.9 Å². The molecule has 1 aromatic heterocycles. The molecule has 0 saturated heterocycles. The van der Waals surface area contributed by atoms with Gasteiger partial charge in [0.2, 0.25) is 0 Å². The van der Waals surface area contributed by atoms with E-state index in [0.29, 0.717) is 93.9 Å². The first-order chi connectivity index (χ1) is 29.7. The van der Waals surface area contributed by atoms with E-state index in [1.54, 1.807) is 12.1 Å². The molecule has 0 radical (unpaired) electrons. The number of carbonyl (C=O) groups is 4. The van der Waals surface area contributed by atoms with Gasteiger partial charge >= 0.3 is 23.9 Å². The first-order valence-corrected chi connectivity index (χ1v) is 23.2. The molecular weight excluding hydrogens is 785 g/mol. The highest BCUT2D eigenvalue weighted by atomic mass is 32.1. The molecule has 9 heteroatoms. The van der Waals surface area contributed by atoms with E-state index in [-0.39, 0.29) is 47.9 Å². The van der Waals surface area contributed by atoms with Crippen LogP contribution in [0.1, 0.15) is 113 Å². The molecule has 2 saturated carbocycles. The topological polar surface area (TPSA) is 105 Å². The van der Waals surface area contributed by atoms with Gasteiger partial charge in [-0.2, -0.15) is 0 Å². The summed E-state index contributed by atoms with van der Waals surface area (Å²) in [7, 11) is 0. The SMILES string of the molecule is CCCc1ccc(CCC(=O)OC2CCC(C(=O)Oc3ccc(OC(=O)C4CCC(OC(=O)CCc5ccc(CCC)cc5)CC4)c4sc(-c5ccccc5)cc34)CC2)cc1. The van der Waals surface area contributed by atoms with Crippen LogP contribution in [-0.2, 0) is 54.3 Å². The molecule has 2 fully saturated rings. The van der Waals surface area contributed by atoms with Crippen LogP contribution in [0.3, 0.4) is 0 Å². The van der Waals surface area contributed by atoms with E-state index in [0.717, 1.165) is 52.0 Å². The lowest BCUT2D eigenvalue weighted by molar-refractivity contribution is -0.153. The first kappa shape index (κ1) is 43.8. The number of esters is 4. The third-order valence-electron chi connectivity index (χ3n) is 12.1. The number of hydrogen-bond acceptors (Lipinski definition) is 9. The van der Waals surface area contributed by atoms with Gasteiger partial charge in [0, 0.05) is 23.1 Å². The van der Waals surface area contributed by atoms with Gasteiger partial charge in [-0.05, 0) is 123 Å². The van der Waals surface area contributed by atoms with E-state index in [1.807, 2.05) is 36.4 Å². The monoisotopic (exact) mass is 842 g/mol. The number of aryl methyl sites for hydroxylation is 4. The largest absolute Gasteiger partial charge is 0.462 e. The first-order valence-electron chi connectivity index (χ1n) is 22.3. The molecule has 2 aliphatic rings. The molecule has 61 heavy (non-hydrogen) atoms. The second-order valence-electron chi connectivity index (χ2n) is 16.7. The lowest BCUT2D eigenvalue weighted by Crippen LogP contribution is -2.30. The molecule has 0 amide bonds. The van der Waals surface area contributed by atoms with Gasteiger partial charge in [0.15, 0.2) is 0 Å². The summed E-state index contributed by atoms with van der Waals surface area (Å²) in [5.74, 6) is -0.804. The minimum atomic E-state index is -0.312. The third-order valence-corrected chi connectivity index (χ3v) is 13.3. The van der Waals surface area contributed by atoms with Gasteiger partial charge in [-0.15, -0.1) is 11.3 Å². The minimum Gasteiger partial charge on any atom is -0.462 e. The van der Waals surface area contributed by atoms with Crippen LogP contribution in [0.5, 0.6) is 11.5 Å². The maximum absolute atomic E-state index is 13.6. The second kappa shape index (κ2) is 21.5. The summed E-state index contributed by atoms with van der Waals surface area (Å²) in [5.41, 5.74) is 5.87. The van der Waals surface area contributed by atoms with Crippen molar-refractivity contribution in [3.8, 4) is 21.9 Å². The summed E-state index contributed by atoms with van der Waals surface area (Å²) in [5, 5.41) is 0.706. The lowest BCUT2D eigenvalue weighted by atomic mass is 9.87. The Morgan fingerprint density at radius 1 is 0.525 bits per heavy atom. The molecule has 0 bridgehead atoms. The van der Waals surface area contributed by atoms with Crippen LogP contribution >= 0.6 is 11.3 Å². The van der Waals surface area contributed by atoms with E-state index in [9.17, 15) is 19.2 Å². The Hall–Kier alpha value is -5.28. The zero-order valence-electron chi connectivity index (χ0n) is 35.5.